The maximum absolute atomic E-state index is 12.9. The van der Waals surface area contributed by atoms with Gasteiger partial charge in [0.05, 0.1) is 0 Å². The molecule has 1 rings (SSSR count). The van der Waals surface area contributed by atoms with Gasteiger partial charge in [0.1, 0.15) is 5.82 Å². The lowest BCUT2D eigenvalue weighted by Crippen LogP contribution is -2.06. The quantitative estimate of drug-likeness (QED) is 0.554. The summed E-state index contributed by atoms with van der Waals surface area (Å²) >= 11 is 5.62. The van der Waals surface area contributed by atoms with E-state index in [1.54, 1.807) is 6.07 Å². The van der Waals surface area contributed by atoms with Crippen LogP contribution in [0.5, 0.6) is 0 Å². The molecule has 0 amide bonds. The average Bonchev–Trinajstić information content (AvgIpc) is 2.23. The summed E-state index contributed by atoms with van der Waals surface area (Å²) in [5, 5.41) is 0. The molecule has 0 saturated carbocycles. The van der Waals surface area contributed by atoms with Gasteiger partial charge in [0.25, 0.3) is 0 Å². The number of benzene rings is 1. The van der Waals surface area contributed by atoms with Crippen molar-refractivity contribution in [3.63, 3.8) is 0 Å². The number of hydrogen-bond donors (Lipinski definition) is 0. The largest absolute Gasteiger partial charge is 0.441 e. The normalized spacial score (nSPS) is 13.7. The number of hydrogen-bond acceptors (Lipinski definition) is 1. The third-order valence-corrected chi connectivity index (χ3v) is 3.38. The zero-order chi connectivity index (χ0) is 12.9. The van der Waals surface area contributed by atoms with Crippen molar-refractivity contribution < 1.29 is 17.6 Å². The smallest absolute Gasteiger partial charge is 0.207 e. The van der Waals surface area contributed by atoms with Crippen LogP contribution in [0.25, 0.3) is 0 Å². The molecule has 17 heavy (non-hydrogen) atoms. The average molecular weight is 287 g/mol. The highest BCUT2D eigenvalue weighted by atomic mass is 35.5. The molecule has 0 saturated heterocycles. The topological polar surface area (TPSA) is 0 Å². The van der Waals surface area contributed by atoms with Crippen LogP contribution in [0.1, 0.15) is 17.9 Å². The highest BCUT2D eigenvalue weighted by molar-refractivity contribution is 8.00. The molecular weight excluding hydrogens is 276 g/mol. The van der Waals surface area contributed by atoms with Crippen LogP contribution in [-0.2, 0) is 0 Å². The monoisotopic (exact) mass is 286 g/mol. The SMILES string of the molecule is Fc1cccc(C(CCl)CCSC(F)(F)F)c1. The highest BCUT2D eigenvalue weighted by Crippen LogP contribution is 2.33. The van der Waals surface area contributed by atoms with Crippen LogP contribution in [0.4, 0.5) is 17.6 Å². The zero-order valence-corrected chi connectivity index (χ0v) is 10.4. The Hall–Kier alpha value is -0.420. The molecule has 0 radical (unpaired) electrons. The van der Waals surface area contributed by atoms with Gasteiger partial charge in [-0.25, -0.2) is 4.39 Å². The van der Waals surface area contributed by atoms with Gasteiger partial charge in [-0.05, 0) is 30.0 Å². The Morgan fingerprint density at radius 2 is 2.00 bits per heavy atom. The lowest BCUT2D eigenvalue weighted by molar-refractivity contribution is -0.0328. The molecule has 0 heterocycles. The first-order valence-corrected chi connectivity index (χ1v) is 6.46. The number of halogens is 5. The molecule has 0 N–H and O–H groups in total. The van der Waals surface area contributed by atoms with Gasteiger partial charge in [-0.3, -0.25) is 0 Å². The molecular formula is C11H11ClF4S. The van der Waals surface area contributed by atoms with E-state index in [-0.39, 0.29) is 35.7 Å². The van der Waals surface area contributed by atoms with Gasteiger partial charge in [-0.1, -0.05) is 23.9 Å². The molecule has 0 fully saturated rings. The minimum Gasteiger partial charge on any atom is -0.207 e. The van der Waals surface area contributed by atoms with Crippen LogP contribution in [0.2, 0.25) is 0 Å². The summed E-state index contributed by atoms with van der Waals surface area (Å²) in [6, 6.07) is 5.81. The van der Waals surface area contributed by atoms with E-state index in [4.69, 9.17) is 11.6 Å². The molecule has 1 atom stereocenters. The van der Waals surface area contributed by atoms with Crippen molar-refractivity contribution in [2.45, 2.75) is 17.8 Å². The van der Waals surface area contributed by atoms with E-state index in [0.29, 0.717) is 5.56 Å². The Morgan fingerprint density at radius 1 is 1.29 bits per heavy atom. The van der Waals surface area contributed by atoms with Crippen molar-refractivity contribution in [3.05, 3.63) is 35.6 Å². The maximum atomic E-state index is 12.9. The van der Waals surface area contributed by atoms with Gasteiger partial charge in [0.2, 0.25) is 0 Å². The Kier molecular flexibility index (Phi) is 5.59. The van der Waals surface area contributed by atoms with Gasteiger partial charge in [0.15, 0.2) is 0 Å². The van der Waals surface area contributed by atoms with Crippen LogP contribution in [0, 0.1) is 5.82 Å². The second-order valence-corrected chi connectivity index (χ2v) is 4.96. The van der Waals surface area contributed by atoms with Crippen LogP contribution >= 0.6 is 23.4 Å². The first kappa shape index (κ1) is 14.6. The van der Waals surface area contributed by atoms with Crippen LogP contribution in [0.15, 0.2) is 24.3 Å². The zero-order valence-electron chi connectivity index (χ0n) is 8.81. The molecule has 0 bridgehead atoms. The molecule has 0 aliphatic carbocycles. The van der Waals surface area contributed by atoms with E-state index in [9.17, 15) is 17.6 Å². The minimum absolute atomic E-state index is 0.0720. The fourth-order valence-electron chi connectivity index (χ4n) is 1.41. The van der Waals surface area contributed by atoms with Crippen LogP contribution in [0.3, 0.4) is 0 Å². The first-order valence-electron chi connectivity index (χ1n) is 4.94. The van der Waals surface area contributed by atoms with Gasteiger partial charge in [-0.2, -0.15) is 13.2 Å². The molecule has 0 nitrogen and oxygen atoms in total. The molecule has 0 aliphatic heterocycles. The minimum atomic E-state index is -4.22. The molecule has 1 unspecified atom stereocenters. The third kappa shape index (κ3) is 5.64. The van der Waals surface area contributed by atoms with Gasteiger partial charge >= 0.3 is 5.51 Å². The number of rotatable bonds is 5. The Morgan fingerprint density at radius 3 is 2.53 bits per heavy atom. The maximum Gasteiger partial charge on any atom is 0.441 e. The van der Waals surface area contributed by atoms with Crippen LogP contribution < -0.4 is 0 Å². The van der Waals surface area contributed by atoms with Crippen molar-refractivity contribution in [1.82, 2.24) is 0 Å². The van der Waals surface area contributed by atoms with E-state index < -0.39 is 11.3 Å². The summed E-state index contributed by atoms with van der Waals surface area (Å²) in [4.78, 5) is 0. The molecule has 6 heteroatoms. The Labute approximate surface area is 106 Å². The first-order chi connectivity index (χ1) is 7.92. The van der Waals surface area contributed by atoms with E-state index >= 15 is 0 Å². The molecule has 0 spiro atoms. The summed E-state index contributed by atoms with van der Waals surface area (Å²) in [5.41, 5.74) is -3.58. The van der Waals surface area contributed by atoms with Crippen molar-refractivity contribution in [2.75, 3.05) is 11.6 Å². The second kappa shape index (κ2) is 6.50. The highest BCUT2D eigenvalue weighted by Gasteiger charge is 2.28. The predicted octanol–water partition coefficient (Wildman–Crippen LogP) is 4.79. The Bertz CT molecular complexity index is 354. The third-order valence-electron chi connectivity index (χ3n) is 2.24. The second-order valence-electron chi connectivity index (χ2n) is 3.49. The number of thioether (sulfide) groups is 1. The van der Waals surface area contributed by atoms with Gasteiger partial charge in [0, 0.05) is 11.6 Å². The fourth-order valence-corrected chi connectivity index (χ4v) is 2.38. The van der Waals surface area contributed by atoms with Crippen LogP contribution in [-0.4, -0.2) is 17.1 Å². The van der Waals surface area contributed by atoms with Gasteiger partial charge < -0.3 is 0 Å². The van der Waals surface area contributed by atoms with E-state index in [1.165, 1.54) is 18.2 Å². The van der Waals surface area contributed by atoms with E-state index in [1.807, 2.05) is 0 Å². The molecule has 1 aromatic rings. The van der Waals surface area contributed by atoms with Gasteiger partial charge in [-0.15, -0.1) is 11.6 Å². The summed E-state index contributed by atoms with van der Waals surface area (Å²) in [6.45, 7) is 0. The molecule has 1 aromatic carbocycles. The van der Waals surface area contributed by atoms with Crippen molar-refractivity contribution in [1.29, 1.82) is 0 Å². The van der Waals surface area contributed by atoms with E-state index in [0.717, 1.165) is 0 Å². The Balaban J connectivity index is 2.54. The fraction of sp³-hybridized carbons (Fsp3) is 0.455. The molecule has 0 aliphatic rings. The molecule has 0 aromatic heterocycles. The summed E-state index contributed by atoms with van der Waals surface area (Å²) < 4.78 is 48.8. The lowest BCUT2D eigenvalue weighted by atomic mass is 9.98. The van der Waals surface area contributed by atoms with Crippen molar-refractivity contribution in [3.8, 4) is 0 Å². The summed E-state index contributed by atoms with van der Waals surface area (Å²) in [7, 11) is 0. The molecule has 96 valence electrons. The van der Waals surface area contributed by atoms with E-state index in [2.05, 4.69) is 0 Å². The standard InChI is InChI=1S/C11H11ClF4S/c12-7-9(4-5-17-11(14,15)16)8-2-1-3-10(13)6-8/h1-3,6,9H,4-5,7H2. The summed E-state index contributed by atoms with van der Waals surface area (Å²) in [5.74, 6) is -0.539. The lowest BCUT2D eigenvalue weighted by Gasteiger charge is -2.14. The predicted molar refractivity (Wildman–Crippen MR) is 63.0 cm³/mol. The number of alkyl halides is 4. The summed E-state index contributed by atoms with van der Waals surface area (Å²) in [6.07, 6.45) is 0.275. The van der Waals surface area contributed by atoms with Crippen molar-refractivity contribution in [2.24, 2.45) is 0 Å². The van der Waals surface area contributed by atoms with Crippen molar-refractivity contribution >= 4 is 23.4 Å².